The van der Waals surface area contributed by atoms with Gasteiger partial charge in [-0.3, -0.25) is 4.79 Å². The first-order valence-electron chi connectivity index (χ1n) is 5.89. The van der Waals surface area contributed by atoms with Crippen LogP contribution in [0.4, 0.5) is 0 Å². The number of hydrogen-bond donors (Lipinski definition) is 1. The van der Waals surface area contributed by atoms with E-state index in [1.165, 1.54) is 14.0 Å². The molecule has 100 valence electrons. The number of aryl methyl sites for hydroxylation is 1. The van der Waals surface area contributed by atoms with Crippen molar-refractivity contribution < 1.29 is 19.4 Å². The minimum absolute atomic E-state index is 0.0572. The van der Waals surface area contributed by atoms with Crippen LogP contribution in [0.3, 0.4) is 0 Å². The Kier molecular flexibility index (Phi) is 3.34. The summed E-state index contributed by atoms with van der Waals surface area (Å²) < 4.78 is 10.5. The summed E-state index contributed by atoms with van der Waals surface area (Å²) in [5.41, 5.74) is 1.03. The molecule has 19 heavy (non-hydrogen) atoms. The van der Waals surface area contributed by atoms with Crippen LogP contribution in [0.2, 0.25) is 0 Å². The molecule has 0 atom stereocenters. The van der Waals surface area contributed by atoms with Gasteiger partial charge in [-0.1, -0.05) is 0 Å². The predicted octanol–water partition coefficient (Wildman–Crippen LogP) is 3.07. The van der Waals surface area contributed by atoms with Crippen LogP contribution >= 0.6 is 0 Å². The third-order valence-corrected chi connectivity index (χ3v) is 3.19. The van der Waals surface area contributed by atoms with Crippen LogP contribution in [-0.2, 0) is 0 Å². The molecule has 0 fully saturated rings. The van der Waals surface area contributed by atoms with Gasteiger partial charge < -0.3 is 14.6 Å². The van der Waals surface area contributed by atoms with E-state index >= 15 is 0 Å². The molecule has 2 aromatic carbocycles. The molecule has 0 unspecified atom stereocenters. The first kappa shape index (κ1) is 13.2. The Hall–Kier alpha value is -2.23. The summed E-state index contributed by atoms with van der Waals surface area (Å²) in [6, 6.07) is 5.31. The first-order valence-corrected chi connectivity index (χ1v) is 5.89. The van der Waals surface area contributed by atoms with Gasteiger partial charge in [0.05, 0.1) is 25.2 Å². The van der Waals surface area contributed by atoms with Gasteiger partial charge in [0.25, 0.3) is 0 Å². The van der Waals surface area contributed by atoms with Gasteiger partial charge in [0.2, 0.25) is 0 Å². The van der Waals surface area contributed by atoms with Crippen LogP contribution in [0.5, 0.6) is 17.2 Å². The van der Waals surface area contributed by atoms with Crippen LogP contribution in [0.1, 0.15) is 22.8 Å². The molecule has 0 aliphatic rings. The van der Waals surface area contributed by atoms with E-state index < -0.39 is 0 Å². The van der Waals surface area contributed by atoms with Crippen LogP contribution in [0.15, 0.2) is 18.2 Å². The molecule has 0 aliphatic carbocycles. The fourth-order valence-electron chi connectivity index (χ4n) is 2.36. The second-order valence-electron chi connectivity index (χ2n) is 4.37. The van der Waals surface area contributed by atoms with E-state index in [1.807, 2.05) is 6.07 Å². The quantitative estimate of drug-likeness (QED) is 0.862. The highest BCUT2D eigenvalue weighted by atomic mass is 16.5. The molecule has 0 amide bonds. The van der Waals surface area contributed by atoms with Gasteiger partial charge in [-0.15, -0.1) is 0 Å². The van der Waals surface area contributed by atoms with E-state index in [4.69, 9.17) is 9.47 Å². The highest BCUT2D eigenvalue weighted by Gasteiger charge is 2.19. The number of ketones is 1. The minimum Gasteiger partial charge on any atom is -0.506 e. The van der Waals surface area contributed by atoms with E-state index in [2.05, 4.69) is 0 Å². The fraction of sp³-hybridized carbons (Fsp3) is 0.267. The van der Waals surface area contributed by atoms with Crippen molar-refractivity contribution in [2.45, 2.75) is 13.8 Å². The molecule has 0 spiro atoms. The molecule has 1 N–H and O–H groups in total. The van der Waals surface area contributed by atoms with Gasteiger partial charge in [0.1, 0.15) is 17.2 Å². The summed E-state index contributed by atoms with van der Waals surface area (Å²) >= 11 is 0. The summed E-state index contributed by atoms with van der Waals surface area (Å²) in [5, 5.41) is 11.6. The molecule has 0 radical (unpaired) electrons. The summed E-state index contributed by atoms with van der Waals surface area (Å²) in [6.07, 6.45) is 0. The zero-order chi connectivity index (χ0) is 14.2. The largest absolute Gasteiger partial charge is 0.506 e. The Morgan fingerprint density at radius 3 is 2.26 bits per heavy atom. The number of benzene rings is 2. The minimum atomic E-state index is -0.179. The molecule has 0 bridgehead atoms. The van der Waals surface area contributed by atoms with Crippen molar-refractivity contribution in [1.82, 2.24) is 0 Å². The maximum Gasteiger partial charge on any atom is 0.163 e. The highest BCUT2D eigenvalue weighted by Crippen LogP contribution is 2.42. The van der Waals surface area contributed by atoms with Crippen molar-refractivity contribution in [1.29, 1.82) is 0 Å². The Balaban J connectivity index is 2.98. The van der Waals surface area contributed by atoms with E-state index in [0.29, 0.717) is 28.0 Å². The lowest BCUT2D eigenvalue weighted by Gasteiger charge is -2.14. The molecule has 0 saturated heterocycles. The van der Waals surface area contributed by atoms with Gasteiger partial charge in [0, 0.05) is 5.39 Å². The smallest absolute Gasteiger partial charge is 0.163 e. The van der Waals surface area contributed by atoms with Gasteiger partial charge in [-0.25, -0.2) is 0 Å². The second-order valence-corrected chi connectivity index (χ2v) is 4.37. The Labute approximate surface area is 111 Å². The summed E-state index contributed by atoms with van der Waals surface area (Å²) in [7, 11) is 3.08. The van der Waals surface area contributed by atoms with Crippen molar-refractivity contribution in [2.24, 2.45) is 0 Å². The molecule has 0 saturated carbocycles. The number of fused-ring (bicyclic) bond motifs is 1. The predicted molar refractivity (Wildman–Crippen MR) is 73.5 cm³/mol. The Morgan fingerprint density at radius 2 is 1.74 bits per heavy atom. The molecular formula is C15H16O4. The number of carbonyl (C=O) groups is 1. The number of Topliss-reactive ketones (excluding diaryl/α,β-unsaturated/α-hetero) is 1. The average molecular weight is 260 g/mol. The molecule has 0 aliphatic heterocycles. The third kappa shape index (κ3) is 1.99. The second kappa shape index (κ2) is 4.80. The number of rotatable bonds is 3. The lowest BCUT2D eigenvalue weighted by molar-refractivity contribution is 0.101. The Bertz CT molecular complexity index is 659. The number of carbonyl (C=O) groups excluding carboxylic acids is 1. The number of ether oxygens (including phenoxy) is 2. The molecule has 0 aromatic heterocycles. The Morgan fingerprint density at radius 1 is 1.16 bits per heavy atom. The normalized spacial score (nSPS) is 10.5. The number of methoxy groups -OCH3 is 2. The molecule has 4 heteroatoms. The van der Waals surface area contributed by atoms with Crippen LogP contribution in [0, 0.1) is 6.92 Å². The number of aromatic hydroxyl groups is 1. The molecule has 0 heterocycles. The number of phenolic OH excluding ortho intramolecular Hbond substituents is 1. The highest BCUT2D eigenvalue weighted by molar-refractivity contribution is 6.08. The lowest BCUT2D eigenvalue weighted by atomic mass is 9.97. The van der Waals surface area contributed by atoms with Crippen LogP contribution in [-0.4, -0.2) is 25.1 Å². The van der Waals surface area contributed by atoms with Crippen LogP contribution in [0.25, 0.3) is 10.8 Å². The van der Waals surface area contributed by atoms with Gasteiger partial charge >= 0.3 is 0 Å². The van der Waals surface area contributed by atoms with E-state index in [-0.39, 0.29) is 11.5 Å². The number of hydrogen-bond acceptors (Lipinski definition) is 4. The summed E-state index contributed by atoms with van der Waals surface area (Å²) in [5.74, 6) is 0.903. The van der Waals surface area contributed by atoms with Gasteiger partial charge in [-0.05, 0) is 37.6 Å². The summed E-state index contributed by atoms with van der Waals surface area (Å²) in [6.45, 7) is 3.22. The zero-order valence-corrected chi connectivity index (χ0v) is 11.4. The van der Waals surface area contributed by atoms with Crippen LogP contribution < -0.4 is 9.47 Å². The van der Waals surface area contributed by atoms with Crippen molar-refractivity contribution in [3.8, 4) is 17.2 Å². The maximum atomic E-state index is 11.7. The van der Waals surface area contributed by atoms with Gasteiger partial charge in [0.15, 0.2) is 5.78 Å². The van der Waals surface area contributed by atoms with Gasteiger partial charge in [-0.2, -0.15) is 0 Å². The van der Waals surface area contributed by atoms with E-state index in [9.17, 15) is 9.90 Å². The SMILES string of the molecule is COc1ccc(OC)c2c(O)c(C(C)=O)c(C)cc12. The molecular weight excluding hydrogens is 244 g/mol. The molecule has 2 rings (SSSR count). The van der Waals surface area contributed by atoms with E-state index in [0.717, 1.165) is 5.39 Å². The summed E-state index contributed by atoms with van der Waals surface area (Å²) in [4.78, 5) is 11.7. The van der Waals surface area contributed by atoms with E-state index in [1.54, 1.807) is 26.2 Å². The first-order chi connectivity index (χ1) is 9.01. The number of phenols is 1. The van der Waals surface area contributed by atoms with Crippen molar-refractivity contribution in [2.75, 3.05) is 14.2 Å². The third-order valence-electron chi connectivity index (χ3n) is 3.19. The zero-order valence-electron chi connectivity index (χ0n) is 11.4. The lowest BCUT2D eigenvalue weighted by Crippen LogP contribution is -1.99. The van der Waals surface area contributed by atoms with Crippen molar-refractivity contribution >= 4 is 16.6 Å². The van der Waals surface area contributed by atoms with Crippen molar-refractivity contribution in [3.05, 3.63) is 29.3 Å². The maximum absolute atomic E-state index is 11.7. The molecule has 4 nitrogen and oxygen atoms in total. The monoisotopic (exact) mass is 260 g/mol. The molecule has 2 aromatic rings. The fourth-order valence-corrected chi connectivity index (χ4v) is 2.36. The standard InChI is InChI=1S/C15H16O4/c1-8-7-10-11(18-3)5-6-12(19-4)14(10)15(17)13(8)9(2)16/h5-7,17H,1-4H3. The topological polar surface area (TPSA) is 55.8 Å². The average Bonchev–Trinajstić information content (AvgIpc) is 2.36. The van der Waals surface area contributed by atoms with Crippen molar-refractivity contribution in [3.63, 3.8) is 0 Å².